The molecule has 0 aromatic heterocycles. The topological polar surface area (TPSA) is 127 Å². The lowest BCUT2D eigenvalue weighted by Crippen LogP contribution is -2.54. The average molecular weight is 537 g/mol. The predicted molar refractivity (Wildman–Crippen MR) is 146 cm³/mol. The van der Waals surface area contributed by atoms with E-state index in [2.05, 4.69) is 36.4 Å². The van der Waals surface area contributed by atoms with Crippen LogP contribution in [0.1, 0.15) is 29.2 Å². The summed E-state index contributed by atoms with van der Waals surface area (Å²) in [6.07, 6.45) is -0.416. The maximum atomic E-state index is 12.9. The van der Waals surface area contributed by atoms with Crippen molar-refractivity contribution in [3.8, 4) is 0 Å². The number of hydrogen-bond donors (Lipinski definition) is 5. The Kier molecular flexibility index (Phi) is 10.1. The van der Waals surface area contributed by atoms with Crippen LogP contribution >= 0.6 is 7.82 Å². The van der Waals surface area contributed by atoms with Crippen molar-refractivity contribution < 1.29 is 34.2 Å². The summed E-state index contributed by atoms with van der Waals surface area (Å²) in [5.74, 6) is 0. The van der Waals surface area contributed by atoms with Crippen molar-refractivity contribution in [1.82, 2.24) is 0 Å². The molecule has 4 aromatic rings. The van der Waals surface area contributed by atoms with E-state index in [4.69, 9.17) is 24.0 Å². The molecule has 0 radical (unpaired) electrons. The molecule has 2 unspecified atom stereocenters. The number of benzene rings is 4. The largest absolute Gasteiger partial charge is 0.466 e. The van der Waals surface area contributed by atoms with Crippen LogP contribution in [0.2, 0.25) is 0 Å². The Hall–Kier alpha value is -3.13. The summed E-state index contributed by atoms with van der Waals surface area (Å²) >= 11 is 0. The molecule has 0 saturated carbocycles. The fourth-order valence-electron chi connectivity index (χ4n) is 4.72. The summed E-state index contributed by atoms with van der Waals surface area (Å²) in [5, 5.41) is 22.5. The lowest BCUT2D eigenvalue weighted by Gasteiger charge is -2.49. The van der Waals surface area contributed by atoms with Gasteiger partial charge in [0.15, 0.2) is 0 Å². The van der Waals surface area contributed by atoms with E-state index >= 15 is 0 Å². The van der Waals surface area contributed by atoms with Gasteiger partial charge in [-0.05, 0) is 29.2 Å². The molecule has 200 valence electrons. The van der Waals surface area contributed by atoms with Gasteiger partial charge in [0.1, 0.15) is 5.60 Å². The van der Waals surface area contributed by atoms with Gasteiger partial charge < -0.3 is 29.6 Å². The van der Waals surface area contributed by atoms with Crippen LogP contribution in [-0.4, -0.2) is 44.2 Å². The van der Waals surface area contributed by atoms with Crippen LogP contribution in [0.4, 0.5) is 0 Å². The normalized spacial score (nSPS) is 14.1. The Morgan fingerprint density at radius 2 is 0.947 bits per heavy atom. The zero-order chi connectivity index (χ0) is 27.7. The first kappa shape index (κ1) is 29.4. The SMILES string of the molecule is CC(CO)OCC(O)(c1ccccc1)C(c1ccccc1)(c1ccccc1)c1ccccc1.O=P(O)(O)O. The Balaban J connectivity index is 0.000000732. The smallest absolute Gasteiger partial charge is 0.394 e. The van der Waals surface area contributed by atoms with E-state index in [0.29, 0.717) is 0 Å². The van der Waals surface area contributed by atoms with Gasteiger partial charge in [-0.2, -0.15) is 0 Å². The number of phosphoric acid groups is 1. The van der Waals surface area contributed by atoms with Crippen LogP contribution < -0.4 is 0 Å². The fourth-order valence-corrected chi connectivity index (χ4v) is 4.72. The highest BCUT2D eigenvalue weighted by Gasteiger charge is 2.55. The summed E-state index contributed by atoms with van der Waals surface area (Å²) in [6, 6.07) is 40.0. The van der Waals surface area contributed by atoms with E-state index < -0.39 is 24.9 Å². The summed E-state index contributed by atoms with van der Waals surface area (Å²) < 4.78 is 15.0. The van der Waals surface area contributed by atoms with E-state index in [9.17, 15) is 10.2 Å². The molecule has 0 fully saturated rings. The number of hydrogen-bond acceptors (Lipinski definition) is 4. The van der Waals surface area contributed by atoms with Crippen molar-refractivity contribution in [2.24, 2.45) is 0 Å². The van der Waals surface area contributed by atoms with Crippen molar-refractivity contribution in [2.45, 2.75) is 24.0 Å². The van der Waals surface area contributed by atoms with Gasteiger partial charge in [0, 0.05) is 0 Å². The lowest BCUT2D eigenvalue weighted by molar-refractivity contribution is -0.109. The molecule has 0 aliphatic rings. The molecule has 38 heavy (non-hydrogen) atoms. The first-order valence-electron chi connectivity index (χ1n) is 12.1. The van der Waals surface area contributed by atoms with E-state index in [-0.39, 0.29) is 13.2 Å². The molecule has 8 heteroatoms. The maximum Gasteiger partial charge on any atom is 0.466 e. The zero-order valence-electron chi connectivity index (χ0n) is 21.0. The van der Waals surface area contributed by atoms with Crippen LogP contribution in [0.5, 0.6) is 0 Å². The molecule has 2 atom stereocenters. The number of aliphatic hydroxyl groups excluding tert-OH is 1. The summed E-state index contributed by atoms with van der Waals surface area (Å²) in [6.45, 7) is 1.68. The highest BCUT2D eigenvalue weighted by atomic mass is 31.2. The molecule has 0 aliphatic carbocycles. The molecule has 4 aromatic carbocycles. The van der Waals surface area contributed by atoms with Gasteiger partial charge >= 0.3 is 7.82 Å². The molecule has 5 N–H and O–H groups in total. The first-order valence-corrected chi connectivity index (χ1v) is 13.6. The van der Waals surface area contributed by atoms with E-state index in [0.717, 1.165) is 22.3 Å². The monoisotopic (exact) mass is 536 g/mol. The minimum atomic E-state index is -4.64. The standard InChI is InChI=1S/C30H30O3.H3O4P/c1-24(22-31)33-23-29(32,25-14-6-2-7-15-25)30(26-16-8-3-9-17-26,27-18-10-4-11-19-27)28-20-12-5-13-21-28;1-5(2,3)4/h2-21,24,31-32H,22-23H2,1H3;(H3,1,2,3,4). The van der Waals surface area contributed by atoms with Crippen LogP contribution in [0.15, 0.2) is 121 Å². The van der Waals surface area contributed by atoms with Gasteiger partial charge in [-0.15, -0.1) is 0 Å². The van der Waals surface area contributed by atoms with Gasteiger partial charge in [0.05, 0.1) is 24.7 Å². The van der Waals surface area contributed by atoms with Gasteiger partial charge in [-0.3, -0.25) is 0 Å². The third kappa shape index (κ3) is 6.84. The first-order chi connectivity index (χ1) is 18.1. The summed E-state index contributed by atoms with van der Waals surface area (Å²) in [5.41, 5.74) is 1.14. The average Bonchev–Trinajstić information content (AvgIpc) is 2.93. The van der Waals surface area contributed by atoms with Crippen LogP contribution in [0.25, 0.3) is 0 Å². The Bertz CT molecular complexity index is 1180. The number of ether oxygens (including phenoxy) is 1. The second kappa shape index (κ2) is 13.1. The fraction of sp³-hybridized carbons (Fsp3) is 0.200. The molecular formula is C30H33O7P. The van der Waals surface area contributed by atoms with Crippen molar-refractivity contribution in [3.63, 3.8) is 0 Å². The van der Waals surface area contributed by atoms with E-state index in [1.54, 1.807) is 6.92 Å². The van der Waals surface area contributed by atoms with Gasteiger partial charge in [0.25, 0.3) is 0 Å². The van der Waals surface area contributed by atoms with Crippen molar-refractivity contribution in [3.05, 3.63) is 144 Å². The van der Waals surface area contributed by atoms with Crippen molar-refractivity contribution in [1.29, 1.82) is 0 Å². The van der Waals surface area contributed by atoms with Crippen LogP contribution in [-0.2, 0) is 20.3 Å². The summed E-state index contributed by atoms with van der Waals surface area (Å²) in [7, 11) is -4.64. The number of aliphatic hydroxyl groups is 2. The minimum Gasteiger partial charge on any atom is -0.394 e. The van der Waals surface area contributed by atoms with Gasteiger partial charge in [-0.25, -0.2) is 4.57 Å². The molecule has 4 rings (SSSR count). The summed E-state index contributed by atoms with van der Waals surface area (Å²) in [4.78, 5) is 21.6. The molecule has 0 aliphatic heterocycles. The number of rotatable bonds is 9. The predicted octanol–water partition coefficient (Wildman–Crippen LogP) is 4.38. The minimum absolute atomic E-state index is 0.00256. The quantitative estimate of drug-likeness (QED) is 0.159. The molecular weight excluding hydrogens is 503 g/mol. The molecule has 0 saturated heterocycles. The molecule has 7 nitrogen and oxygen atoms in total. The maximum absolute atomic E-state index is 12.9. The van der Waals surface area contributed by atoms with Crippen LogP contribution in [0, 0.1) is 0 Å². The highest BCUT2D eigenvalue weighted by Crippen LogP contribution is 2.52. The molecule has 0 heterocycles. The second-order valence-corrected chi connectivity index (χ2v) is 9.92. The highest BCUT2D eigenvalue weighted by molar-refractivity contribution is 7.45. The van der Waals surface area contributed by atoms with Crippen LogP contribution in [0.3, 0.4) is 0 Å². The molecule has 0 amide bonds. The second-order valence-electron chi connectivity index (χ2n) is 8.89. The van der Waals surface area contributed by atoms with E-state index in [1.165, 1.54) is 0 Å². The van der Waals surface area contributed by atoms with Crippen molar-refractivity contribution >= 4 is 7.82 Å². The van der Waals surface area contributed by atoms with Gasteiger partial charge in [0.2, 0.25) is 0 Å². The Morgan fingerprint density at radius 3 is 1.24 bits per heavy atom. The Labute approximate surface area is 222 Å². The third-order valence-corrected chi connectivity index (χ3v) is 6.33. The van der Waals surface area contributed by atoms with Crippen molar-refractivity contribution in [2.75, 3.05) is 13.2 Å². The van der Waals surface area contributed by atoms with Gasteiger partial charge in [-0.1, -0.05) is 121 Å². The third-order valence-electron chi connectivity index (χ3n) is 6.33. The van der Waals surface area contributed by atoms with E-state index in [1.807, 2.05) is 84.9 Å². The lowest BCUT2D eigenvalue weighted by atomic mass is 9.57. The molecule has 0 bridgehead atoms. The molecule has 0 spiro atoms. The zero-order valence-corrected chi connectivity index (χ0v) is 21.9. The Morgan fingerprint density at radius 1 is 0.658 bits per heavy atom.